The monoisotopic (exact) mass is 411 g/mol. The van der Waals surface area contributed by atoms with E-state index in [1.807, 2.05) is 37.3 Å². The molecule has 1 aliphatic rings. The molecule has 0 aliphatic heterocycles. The molecule has 152 valence electrons. The Hall–Kier alpha value is -2.53. The number of hydrogen-bond acceptors (Lipinski definition) is 2. The maximum Gasteiger partial charge on any atom is 0.224 e. The highest BCUT2D eigenvalue weighted by Gasteiger charge is 2.25. The first-order valence-electron chi connectivity index (χ1n) is 9.83. The molecule has 1 atom stereocenters. The van der Waals surface area contributed by atoms with Gasteiger partial charge in [0.15, 0.2) is 0 Å². The number of nitrogens with one attached hydrogen (secondary N) is 1. The Morgan fingerprint density at radius 3 is 2.52 bits per heavy atom. The topological polar surface area (TPSA) is 46.2 Å². The lowest BCUT2D eigenvalue weighted by atomic mass is 10.0. The van der Waals surface area contributed by atoms with Gasteiger partial charge >= 0.3 is 0 Å². The summed E-state index contributed by atoms with van der Waals surface area (Å²) >= 11 is 0. The molecular formula is C24H26FNO2S. The number of allylic oxidation sites excluding steroid dienone is 2. The van der Waals surface area contributed by atoms with Crippen molar-refractivity contribution < 1.29 is 13.4 Å². The van der Waals surface area contributed by atoms with Crippen LogP contribution in [0.5, 0.6) is 0 Å². The molecule has 0 aromatic heterocycles. The standard InChI is InChI=1S/C24H26FNO2S/c1-4-5-12-26-24(27)15-22-16(2)21(20-11-8-18(25)14-23(20)22)13-17-6-9-19(10-7-17)29(3)28/h6-11,13-14H,4-5,12,15H2,1-3H3,(H,26,27)/b21-13-. The lowest BCUT2D eigenvalue weighted by molar-refractivity contribution is -0.120. The lowest BCUT2D eigenvalue weighted by Crippen LogP contribution is -2.24. The molecule has 29 heavy (non-hydrogen) atoms. The van der Waals surface area contributed by atoms with E-state index in [0.717, 1.165) is 51.1 Å². The fourth-order valence-electron chi connectivity index (χ4n) is 3.53. The number of carbonyl (C=O) groups excluding carboxylic acids is 1. The van der Waals surface area contributed by atoms with E-state index < -0.39 is 10.8 Å². The number of benzene rings is 2. The van der Waals surface area contributed by atoms with Crippen molar-refractivity contribution in [1.82, 2.24) is 5.32 Å². The predicted octanol–water partition coefficient (Wildman–Crippen LogP) is 5.20. The van der Waals surface area contributed by atoms with Crippen molar-refractivity contribution in [2.75, 3.05) is 12.8 Å². The molecule has 3 nitrogen and oxygen atoms in total. The van der Waals surface area contributed by atoms with Crippen LogP contribution < -0.4 is 5.32 Å². The van der Waals surface area contributed by atoms with E-state index in [0.29, 0.717) is 6.54 Å². The van der Waals surface area contributed by atoms with Crippen LogP contribution in [0.3, 0.4) is 0 Å². The quantitative estimate of drug-likeness (QED) is 0.637. The van der Waals surface area contributed by atoms with Crippen LogP contribution in [0, 0.1) is 5.82 Å². The summed E-state index contributed by atoms with van der Waals surface area (Å²) in [6.07, 6.45) is 5.89. The predicted molar refractivity (Wildman–Crippen MR) is 118 cm³/mol. The number of rotatable bonds is 7. The van der Waals surface area contributed by atoms with E-state index in [1.165, 1.54) is 12.1 Å². The Balaban J connectivity index is 1.95. The average molecular weight is 412 g/mol. The van der Waals surface area contributed by atoms with Gasteiger partial charge in [0.1, 0.15) is 5.82 Å². The molecule has 5 heteroatoms. The van der Waals surface area contributed by atoms with Crippen molar-refractivity contribution >= 4 is 33.9 Å². The second-order valence-electron chi connectivity index (χ2n) is 7.25. The largest absolute Gasteiger partial charge is 0.356 e. The van der Waals surface area contributed by atoms with Gasteiger partial charge in [0.2, 0.25) is 5.91 Å². The highest BCUT2D eigenvalue weighted by Crippen LogP contribution is 2.43. The minimum Gasteiger partial charge on any atom is -0.356 e. The summed E-state index contributed by atoms with van der Waals surface area (Å²) in [4.78, 5) is 13.2. The summed E-state index contributed by atoms with van der Waals surface area (Å²) in [6, 6.07) is 12.3. The third kappa shape index (κ3) is 4.91. The van der Waals surface area contributed by atoms with Crippen molar-refractivity contribution in [2.24, 2.45) is 0 Å². The number of fused-ring (bicyclic) bond motifs is 1. The Morgan fingerprint density at radius 2 is 1.86 bits per heavy atom. The van der Waals surface area contributed by atoms with E-state index >= 15 is 0 Å². The Kier molecular flexibility index (Phi) is 6.80. The number of hydrogen-bond donors (Lipinski definition) is 1. The highest BCUT2D eigenvalue weighted by atomic mass is 32.2. The molecule has 1 N–H and O–H groups in total. The van der Waals surface area contributed by atoms with Crippen LogP contribution in [-0.2, 0) is 15.6 Å². The van der Waals surface area contributed by atoms with Crippen molar-refractivity contribution in [3.8, 4) is 0 Å². The number of carbonyl (C=O) groups is 1. The molecule has 0 saturated heterocycles. The number of amides is 1. The van der Waals surface area contributed by atoms with Crippen LogP contribution in [0.4, 0.5) is 4.39 Å². The molecule has 0 spiro atoms. The Bertz CT molecular complexity index is 1010. The van der Waals surface area contributed by atoms with Gasteiger partial charge < -0.3 is 5.32 Å². The van der Waals surface area contributed by atoms with Crippen LogP contribution >= 0.6 is 0 Å². The first-order chi connectivity index (χ1) is 13.9. The summed E-state index contributed by atoms with van der Waals surface area (Å²) < 4.78 is 25.6. The smallest absolute Gasteiger partial charge is 0.224 e. The summed E-state index contributed by atoms with van der Waals surface area (Å²) in [5, 5.41) is 2.94. The van der Waals surface area contributed by atoms with Gasteiger partial charge in [0.25, 0.3) is 0 Å². The van der Waals surface area contributed by atoms with Gasteiger partial charge in [-0.2, -0.15) is 0 Å². The van der Waals surface area contributed by atoms with Gasteiger partial charge in [-0.3, -0.25) is 9.00 Å². The van der Waals surface area contributed by atoms with Crippen molar-refractivity contribution in [1.29, 1.82) is 0 Å². The molecule has 0 saturated carbocycles. The van der Waals surface area contributed by atoms with Crippen LogP contribution in [0.25, 0.3) is 17.2 Å². The first-order valence-corrected chi connectivity index (χ1v) is 11.4. The van der Waals surface area contributed by atoms with Gasteiger partial charge in [-0.05, 0) is 77.1 Å². The van der Waals surface area contributed by atoms with E-state index in [-0.39, 0.29) is 18.1 Å². The molecular weight excluding hydrogens is 385 g/mol. The zero-order valence-electron chi connectivity index (χ0n) is 17.0. The van der Waals surface area contributed by atoms with E-state index in [9.17, 15) is 13.4 Å². The van der Waals surface area contributed by atoms with Gasteiger partial charge in [-0.15, -0.1) is 0 Å². The van der Waals surface area contributed by atoms with Crippen LogP contribution in [0.2, 0.25) is 0 Å². The van der Waals surface area contributed by atoms with Crippen LogP contribution in [-0.4, -0.2) is 22.9 Å². The summed E-state index contributed by atoms with van der Waals surface area (Å²) in [6.45, 7) is 4.72. The van der Waals surface area contributed by atoms with Gasteiger partial charge in [-0.25, -0.2) is 4.39 Å². The van der Waals surface area contributed by atoms with Crippen molar-refractivity contribution in [2.45, 2.75) is 38.0 Å². The third-order valence-electron chi connectivity index (χ3n) is 5.17. The van der Waals surface area contributed by atoms with E-state index in [4.69, 9.17) is 0 Å². The zero-order chi connectivity index (χ0) is 21.0. The van der Waals surface area contributed by atoms with Gasteiger partial charge in [-0.1, -0.05) is 31.5 Å². The minimum atomic E-state index is -1.02. The van der Waals surface area contributed by atoms with Crippen molar-refractivity contribution in [3.63, 3.8) is 0 Å². The average Bonchev–Trinajstić information content (AvgIpc) is 2.94. The summed E-state index contributed by atoms with van der Waals surface area (Å²) in [5.41, 5.74) is 5.53. The number of halogens is 1. The van der Waals surface area contributed by atoms with E-state index in [1.54, 1.807) is 12.3 Å². The summed E-state index contributed by atoms with van der Waals surface area (Å²) in [5.74, 6) is -0.351. The molecule has 1 aliphatic carbocycles. The third-order valence-corrected chi connectivity index (χ3v) is 6.10. The Labute approximate surface area is 174 Å². The lowest BCUT2D eigenvalue weighted by Gasteiger charge is -2.08. The molecule has 0 heterocycles. The van der Waals surface area contributed by atoms with Crippen molar-refractivity contribution in [3.05, 3.63) is 70.5 Å². The normalized spacial score (nSPS) is 15.5. The molecule has 2 aromatic carbocycles. The van der Waals surface area contributed by atoms with E-state index in [2.05, 4.69) is 12.2 Å². The van der Waals surface area contributed by atoms with Crippen LogP contribution in [0.15, 0.2) is 52.9 Å². The molecule has 1 unspecified atom stereocenters. The second-order valence-corrected chi connectivity index (χ2v) is 8.63. The molecule has 1 amide bonds. The minimum absolute atomic E-state index is 0.0426. The molecule has 2 aromatic rings. The highest BCUT2D eigenvalue weighted by molar-refractivity contribution is 7.84. The molecule has 0 fully saturated rings. The fraction of sp³-hybridized carbons (Fsp3) is 0.292. The second kappa shape index (κ2) is 9.31. The molecule has 0 radical (unpaired) electrons. The maximum absolute atomic E-state index is 14.0. The first kappa shape index (κ1) is 21.2. The number of unbranched alkanes of at least 4 members (excludes halogenated alkanes) is 1. The SMILES string of the molecule is CCCCNC(=O)CC1=C(C)/C(=C/c2ccc(S(C)=O)cc2)c2ccc(F)cc21. The Morgan fingerprint density at radius 1 is 1.14 bits per heavy atom. The fourth-order valence-corrected chi connectivity index (χ4v) is 4.05. The maximum atomic E-state index is 14.0. The zero-order valence-corrected chi connectivity index (χ0v) is 17.9. The van der Waals surface area contributed by atoms with Crippen LogP contribution in [0.1, 0.15) is 49.8 Å². The molecule has 0 bridgehead atoms. The van der Waals surface area contributed by atoms with Gasteiger partial charge in [0.05, 0.1) is 6.42 Å². The molecule has 3 rings (SSSR count). The van der Waals surface area contributed by atoms with Gasteiger partial charge in [0, 0.05) is 28.5 Å². The summed E-state index contributed by atoms with van der Waals surface area (Å²) in [7, 11) is -1.02.